The Morgan fingerprint density at radius 3 is 2.42 bits per heavy atom. The van der Waals surface area contributed by atoms with Crippen LogP contribution in [0.15, 0.2) is 29.8 Å². The number of nitrogens with one attached hydrogen (secondary N) is 2. The van der Waals surface area contributed by atoms with Gasteiger partial charge in [0.05, 0.1) is 22.5 Å². The molecule has 1 saturated heterocycles. The van der Waals surface area contributed by atoms with Crippen LogP contribution in [-0.2, 0) is 25.7 Å². The molecule has 2 heterocycles. The number of nitrogens with zero attached hydrogens (tertiary/aromatic N) is 3. The number of hydrogen-bond donors (Lipinski definition) is 3. The summed E-state index contributed by atoms with van der Waals surface area (Å²) in [6.45, 7) is 9.17. The molecule has 0 saturated carbocycles. The minimum Gasteiger partial charge on any atom is -0.481 e. The average molecular weight is 572 g/mol. The number of carbonyl (C=O) groups is 4. The maximum Gasteiger partial charge on any atom is 0.304 e. The normalized spacial score (nSPS) is 16.1. The summed E-state index contributed by atoms with van der Waals surface area (Å²) in [5, 5.41) is 14.7. The van der Waals surface area contributed by atoms with Crippen LogP contribution >= 0.6 is 11.3 Å². The van der Waals surface area contributed by atoms with Crippen LogP contribution < -0.4 is 10.6 Å². The van der Waals surface area contributed by atoms with Gasteiger partial charge in [0.25, 0.3) is 0 Å². The molecule has 0 spiro atoms. The smallest absolute Gasteiger partial charge is 0.304 e. The minimum atomic E-state index is -0.890. The monoisotopic (exact) mass is 571 g/mol. The molecule has 3 N–H and O–H groups in total. The van der Waals surface area contributed by atoms with Gasteiger partial charge in [0.1, 0.15) is 12.1 Å². The molecule has 3 amide bonds. The van der Waals surface area contributed by atoms with E-state index in [4.69, 9.17) is 5.11 Å². The van der Waals surface area contributed by atoms with Gasteiger partial charge in [-0.1, -0.05) is 45.0 Å². The number of hydrogen-bond acceptors (Lipinski definition) is 7. The van der Waals surface area contributed by atoms with Crippen molar-refractivity contribution in [3.05, 3.63) is 41.0 Å². The number of rotatable bonds is 12. The molecule has 1 aliphatic heterocycles. The highest BCUT2D eigenvalue weighted by atomic mass is 32.1. The van der Waals surface area contributed by atoms with Crippen LogP contribution in [0.25, 0.3) is 10.4 Å². The molecule has 1 aromatic heterocycles. The Balaban J connectivity index is 1.57. The summed E-state index contributed by atoms with van der Waals surface area (Å²) in [7, 11) is 1.76. The van der Waals surface area contributed by atoms with Gasteiger partial charge in [0, 0.05) is 32.6 Å². The fourth-order valence-corrected chi connectivity index (χ4v) is 5.51. The van der Waals surface area contributed by atoms with Gasteiger partial charge < -0.3 is 25.5 Å². The first-order valence-electron chi connectivity index (χ1n) is 13.6. The zero-order chi connectivity index (χ0) is 29.4. The zero-order valence-electron chi connectivity index (χ0n) is 24.0. The molecule has 1 fully saturated rings. The van der Waals surface area contributed by atoms with Gasteiger partial charge in [-0.05, 0) is 43.4 Å². The number of amides is 3. The van der Waals surface area contributed by atoms with E-state index in [2.05, 4.69) is 15.6 Å². The van der Waals surface area contributed by atoms with Gasteiger partial charge in [0.2, 0.25) is 17.7 Å². The average Bonchev–Trinajstić information content (AvgIpc) is 3.56. The van der Waals surface area contributed by atoms with Gasteiger partial charge in [-0.15, -0.1) is 11.3 Å². The molecule has 0 unspecified atom stereocenters. The van der Waals surface area contributed by atoms with Crippen molar-refractivity contribution in [3.63, 3.8) is 0 Å². The molecule has 1 aliphatic rings. The number of carboxylic acids is 1. The van der Waals surface area contributed by atoms with Crippen molar-refractivity contribution in [3.8, 4) is 10.4 Å². The lowest BCUT2D eigenvalue weighted by atomic mass is 9.85. The lowest BCUT2D eigenvalue weighted by molar-refractivity contribution is -0.144. The van der Waals surface area contributed by atoms with E-state index in [0.29, 0.717) is 39.0 Å². The van der Waals surface area contributed by atoms with Crippen molar-refractivity contribution in [1.82, 2.24) is 25.4 Å². The maximum absolute atomic E-state index is 13.7. The molecule has 0 bridgehead atoms. The summed E-state index contributed by atoms with van der Waals surface area (Å²) in [6.07, 6.45) is 1.42. The van der Waals surface area contributed by atoms with Gasteiger partial charge in [-0.2, -0.15) is 0 Å². The number of thiazole rings is 1. The van der Waals surface area contributed by atoms with Crippen molar-refractivity contribution in [1.29, 1.82) is 0 Å². The van der Waals surface area contributed by atoms with E-state index in [-0.39, 0.29) is 30.6 Å². The molecule has 0 radical (unpaired) electrons. The molecule has 0 aliphatic carbocycles. The first-order chi connectivity index (χ1) is 18.9. The summed E-state index contributed by atoms with van der Waals surface area (Å²) in [4.78, 5) is 59.1. The van der Waals surface area contributed by atoms with Crippen LogP contribution in [-0.4, -0.2) is 82.3 Å². The Kier molecular flexibility index (Phi) is 10.8. The van der Waals surface area contributed by atoms with Gasteiger partial charge in [0.15, 0.2) is 0 Å². The molecular weight excluding hydrogens is 530 g/mol. The summed E-state index contributed by atoms with van der Waals surface area (Å²) >= 11 is 1.59. The summed E-state index contributed by atoms with van der Waals surface area (Å²) in [5.74, 6) is -1.64. The number of benzene rings is 1. The van der Waals surface area contributed by atoms with Crippen LogP contribution in [0.3, 0.4) is 0 Å². The number of aryl methyl sites for hydroxylation is 1. The second kappa shape index (κ2) is 13.8. The van der Waals surface area contributed by atoms with Crippen LogP contribution in [0, 0.1) is 12.3 Å². The van der Waals surface area contributed by atoms with Gasteiger partial charge in [-0.25, -0.2) is 4.98 Å². The highest BCUT2D eigenvalue weighted by Crippen LogP contribution is 2.28. The Hall–Kier alpha value is -3.31. The Bertz CT molecular complexity index is 1190. The van der Waals surface area contributed by atoms with Crippen LogP contribution in [0.2, 0.25) is 0 Å². The van der Waals surface area contributed by atoms with Crippen molar-refractivity contribution >= 4 is 35.0 Å². The van der Waals surface area contributed by atoms with Crippen molar-refractivity contribution in [2.75, 3.05) is 26.7 Å². The fourth-order valence-electron chi connectivity index (χ4n) is 4.70. The Morgan fingerprint density at radius 2 is 1.82 bits per heavy atom. The first-order valence-corrected chi connectivity index (χ1v) is 14.5. The highest BCUT2D eigenvalue weighted by Gasteiger charge is 2.41. The SMILES string of the molecule is Cc1ncsc1-c1ccc(CNC(=O)[C@@H]2CCCN2C(=O)[C@@H](NC(=O)CCN(C)CCC(=O)O)C(C)(C)C)cc1. The second-order valence-electron chi connectivity index (χ2n) is 11.4. The molecule has 2 atom stereocenters. The predicted molar refractivity (Wildman–Crippen MR) is 155 cm³/mol. The molecular formula is C29H41N5O5S. The molecule has 2 aromatic rings. The highest BCUT2D eigenvalue weighted by molar-refractivity contribution is 7.13. The summed E-state index contributed by atoms with van der Waals surface area (Å²) < 4.78 is 0. The second-order valence-corrected chi connectivity index (χ2v) is 12.3. The van der Waals surface area contributed by atoms with Gasteiger partial charge >= 0.3 is 5.97 Å². The Labute approximate surface area is 240 Å². The number of carboxylic acid groups (broad SMARTS) is 1. The third-order valence-electron chi connectivity index (χ3n) is 7.11. The third-order valence-corrected chi connectivity index (χ3v) is 8.09. The number of aromatic nitrogens is 1. The maximum atomic E-state index is 13.7. The van der Waals surface area contributed by atoms with Crippen LogP contribution in [0.1, 0.15) is 57.7 Å². The number of likely N-dealkylation sites (tertiary alicyclic amines) is 1. The largest absolute Gasteiger partial charge is 0.481 e. The lowest BCUT2D eigenvalue weighted by Crippen LogP contribution is -2.57. The minimum absolute atomic E-state index is 0.00248. The molecule has 3 rings (SSSR count). The lowest BCUT2D eigenvalue weighted by Gasteiger charge is -2.35. The van der Waals surface area contributed by atoms with Gasteiger partial charge in [-0.3, -0.25) is 19.2 Å². The van der Waals surface area contributed by atoms with E-state index >= 15 is 0 Å². The Morgan fingerprint density at radius 1 is 1.15 bits per heavy atom. The molecule has 10 nitrogen and oxygen atoms in total. The van der Waals surface area contributed by atoms with E-state index in [9.17, 15) is 19.2 Å². The standard InChI is InChI=1S/C29H41N5O5S/c1-19-25(40-18-31-19)21-10-8-20(9-11-21)17-30-27(38)22-7-6-14-34(22)28(39)26(29(2,3)4)32-23(35)12-15-33(5)16-13-24(36)37/h8-11,18,22,26H,6-7,12-17H2,1-5H3,(H,30,38)(H,32,35)(H,36,37)/t22-,26+/m0/s1. The quantitative estimate of drug-likeness (QED) is 0.357. The van der Waals surface area contributed by atoms with Crippen LogP contribution in [0.5, 0.6) is 0 Å². The molecule has 218 valence electrons. The van der Waals surface area contributed by atoms with Crippen molar-refractivity contribution in [2.24, 2.45) is 5.41 Å². The number of aliphatic carboxylic acids is 1. The summed E-state index contributed by atoms with van der Waals surface area (Å²) in [6, 6.07) is 6.63. The van der Waals surface area contributed by atoms with E-state index in [1.54, 1.807) is 28.2 Å². The van der Waals surface area contributed by atoms with E-state index in [1.165, 1.54) is 0 Å². The van der Waals surface area contributed by atoms with E-state index in [0.717, 1.165) is 21.7 Å². The first kappa shape index (κ1) is 31.2. The zero-order valence-corrected chi connectivity index (χ0v) is 24.8. The topological polar surface area (TPSA) is 132 Å². The third kappa shape index (κ3) is 8.59. The van der Waals surface area contributed by atoms with E-state index in [1.807, 2.05) is 57.5 Å². The predicted octanol–water partition coefficient (Wildman–Crippen LogP) is 3.05. The fraction of sp³-hybridized carbons (Fsp3) is 0.552. The molecule has 40 heavy (non-hydrogen) atoms. The van der Waals surface area contributed by atoms with Crippen molar-refractivity contribution < 1.29 is 24.3 Å². The number of carbonyl (C=O) groups excluding carboxylic acids is 3. The van der Waals surface area contributed by atoms with E-state index < -0.39 is 23.5 Å². The molecule has 1 aromatic carbocycles. The molecule has 11 heteroatoms. The summed E-state index contributed by atoms with van der Waals surface area (Å²) in [5.41, 5.74) is 4.30. The van der Waals surface area contributed by atoms with Crippen LogP contribution in [0.4, 0.5) is 0 Å². The van der Waals surface area contributed by atoms with Crippen molar-refractivity contribution in [2.45, 2.75) is 72.0 Å².